The fraction of sp³-hybridized carbons (Fsp3) is 0.765. The largest absolute Gasteiger partial charge is 0.364 e. The Kier molecular flexibility index (Phi) is 8.52. The first-order valence-corrected chi connectivity index (χ1v) is 11.4. The summed E-state index contributed by atoms with van der Waals surface area (Å²) in [5.41, 5.74) is 0.954. The van der Waals surface area contributed by atoms with Gasteiger partial charge in [-0.05, 0) is 13.3 Å². The van der Waals surface area contributed by atoms with Crippen LogP contribution in [-0.2, 0) is 16.6 Å². The number of aliphatic imine (C=N–C) groups is 1. The van der Waals surface area contributed by atoms with Crippen LogP contribution in [0.25, 0.3) is 0 Å². The van der Waals surface area contributed by atoms with Crippen molar-refractivity contribution in [3.8, 4) is 0 Å². The van der Waals surface area contributed by atoms with Crippen LogP contribution in [0.2, 0.25) is 0 Å². The van der Waals surface area contributed by atoms with Gasteiger partial charge in [-0.3, -0.25) is 9.89 Å². The molecule has 0 spiro atoms. The summed E-state index contributed by atoms with van der Waals surface area (Å²) in [6.45, 7) is 10.8. The average molecular weight is 401 g/mol. The average Bonchev–Trinajstić information content (AvgIpc) is 3.13. The number of nitrogens with one attached hydrogen (secondary N) is 1. The van der Waals surface area contributed by atoms with E-state index in [9.17, 15) is 8.42 Å². The van der Waals surface area contributed by atoms with Crippen molar-refractivity contribution in [3.05, 3.63) is 18.0 Å². The molecule has 154 valence electrons. The maximum Gasteiger partial charge on any atom is 0.211 e. The van der Waals surface area contributed by atoms with Gasteiger partial charge >= 0.3 is 0 Å². The number of hydrogen-bond acceptors (Lipinski definition) is 6. The second-order valence-corrected chi connectivity index (χ2v) is 8.58. The molecule has 0 saturated carbocycles. The summed E-state index contributed by atoms with van der Waals surface area (Å²) >= 11 is 0. The number of piperazine rings is 1. The van der Waals surface area contributed by atoms with Gasteiger partial charge in [0.25, 0.3) is 0 Å². The standard InChI is InChI=1S/C17H32N6O3S/c1-4-18-17(19-8-6-9-23(5-2)27(3,24)25)22-12-10-21(11-13-22)15-16-7-14-26-20-16/h7,14H,4-6,8-13,15H2,1-3H3,(H,18,19). The molecule has 10 heteroatoms. The predicted octanol–water partition coefficient (Wildman–Crippen LogP) is 0.429. The molecule has 1 saturated heterocycles. The Labute approximate surface area is 162 Å². The van der Waals surface area contributed by atoms with Crippen LogP contribution in [0, 0.1) is 0 Å². The Morgan fingerprint density at radius 1 is 1.33 bits per heavy atom. The molecule has 0 radical (unpaired) electrons. The molecular weight excluding hydrogens is 368 g/mol. The van der Waals surface area contributed by atoms with E-state index in [2.05, 4.69) is 27.2 Å². The Morgan fingerprint density at radius 3 is 2.63 bits per heavy atom. The predicted molar refractivity (Wildman–Crippen MR) is 106 cm³/mol. The quantitative estimate of drug-likeness (QED) is 0.365. The Morgan fingerprint density at radius 2 is 2.07 bits per heavy atom. The zero-order valence-corrected chi connectivity index (χ0v) is 17.4. The van der Waals surface area contributed by atoms with E-state index in [4.69, 9.17) is 9.52 Å². The maximum atomic E-state index is 11.6. The monoisotopic (exact) mass is 400 g/mol. The zero-order chi connectivity index (χ0) is 19.7. The van der Waals surface area contributed by atoms with Gasteiger partial charge in [0, 0.05) is 65.0 Å². The van der Waals surface area contributed by atoms with E-state index in [1.807, 2.05) is 13.0 Å². The Hall–Kier alpha value is -1.65. The van der Waals surface area contributed by atoms with Gasteiger partial charge in [-0.25, -0.2) is 12.7 Å². The van der Waals surface area contributed by atoms with Crippen LogP contribution < -0.4 is 5.32 Å². The van der Waals surface area contributed by atoms with E-state index in [-0.39, 0.29) is 0 Å². The second kappa shape index (κ2) is 10.6. The highest BCUT2D eigenvalue weighted by Crippen LogP contribution is 2.07. The maximum absolute atomic E-state index is 11.6. The van der Waals surface area contributed by atoms with Crippen molar-refractivity contribution in [2.24, 2.45) is 4.99 Å². The summed E-state index contributed by atoms with van der Waals surface area (Å²) in [6.07, 6.45) is 3.56. The second-order valence-electron chi connectivity index (χ2n) is 6.60. The number of rotatable bonds is 9. The summed E-state index contributed by atoms with van der Waals surface area (Å²) in [4.78, 5) is 9.30. The normalized spacial score (nSPS) is 16.9. The van der Waals surface area contributed by atoms with E-state index in [1.165, 1.54) is 10.6 Å². The highest BCUT2D eigenvalue weighted by molar-refractivity contribution is 7.88. The molecule has 0 unspecified atom stereocenters. The van der Waals surface area contributed by atoms with Crippen molar-refractivity contribution in [2.45, 2.75) is 26.8 Å². The molecule has 1 aliphatic heterocycles. The molecule has 2 heterocycles. The highest BCUT2D eigenvalue weighted by atomic mass is 32.2. The lowest BCUT2D eigenvalue weighted by Crippen LogP contribution is -2.52. The van der Waals surface area contributed by atoms with Crippen LogP contribution in [0.1, 0.15) is 26.0 Å². The SMILES string of the molecule is CCNC(=NCCCN(CC)S(C)(=O)=O)N1CCN(Cc2ccon2)CC1. The van der Waals surface area contributed by atoms with Gasteiger partial charge in [-0.2, -0.15) is 0 Å². The lowest BCUT2D eigenvalue weighted by atomic mass is 10.3. The minimum Gasteiger partial charge on any atom is -0.364 e. The van der Waals surface area contributed by atoms with Gasteiger partial charge in [0.15, 0.2) is 5.96 Å². The van der Waals surface area contributed by atoms with Crippen molar-refractivity contribution in [1.82, 2.24) is 24.6 Å². The smallest absolute Gasteiger partial charge is 0.211 e. The molecule has 2 rings (SSSR count). The van der Waals surface area contributed by atoms with Gasteiger partial charge < -0.3 is 14.7 Å². The number of guanidine groups is 1. The van der Waals surface area contributed by atoms with Crippen molar-refractivity contribution in [1.29, 1.82) is 0 Å². The van der Waals surface area contributed by atoms with Crippen molar-refractivity contribution < 1.29 is 12.9 Å². The minimum atomic E-state index is -3.13. The van der Waals surface area contributed by atoms with E-state index < -0.39 is 10.0 Å². The van der Waals surface area contributed by atoms with E-state index in [1.54, 1.807) is 6.26 Å². The molecule has 1 aromatic rings. The van der Waals surface area contributed by atoms with Crippen LogP contribution in [0.15, 0.2) is 21.8 Å². The molecule has 0 aliphatic carbocycles. The Balaban J connectivity index is 1.81. The fourth-order valence-corrected chi connectivity index (χ4v) is 4.01. The summed E-state index contributed by atoms with van der Waals surface area (Å²) < 4.78 is 29.7. The zero-order valence-electron chi connectivity index (χ0n) is 16.6. The number of hydrogen-bond donors (Lipinski definition) is 1. The van der Waals surface area contributed by atoms with E-state index >= 15 is 0 Å². The number of nitrogens with zero attached hydrogens (tertiary/aromatic N) is 5. The van der Waals surface area contributed by atoms with Crippen LogP contribution in [0.5, 0.6) is 0 Å². The fourth-order valence-electron chi connectivity index (χ4n) is 3.08. The molecule has 0 aromatic carbocycles. The third-order valence-corrected chi connectivity index (χ3v) is 5.91. The molecular formula is C17H32N6O3S. The van der Waals surface area contributed by atoms with Crippen molar-refractivity contribution >= 4 is 16.0 Å². The van der Waals surface area contributed by atoms with Crippen LogP contribution in [0.3, 0.4) is 0 Å². The van der Waals surface area contributed by atoms with Gasteiger partial charge in [0.2, 0.25) is 10.0 Å². The molecule has 1 fully saturated rings. The summed E-state index contributed by atoms with van der Waals surface area (Å²) in [5.74, 6) is 0.904. The first kappa shape index (κ1) is 21.6. The minimum absolute atomic E-state index is 0.496. The first-order chi connectivity index (χ1) is 12.9. The molecule has 1 N–H and O–H groups in total. The molecule has 0 atom stereocenters. The van der Waals surface area contributed by atoms with Crippen LogP contribution >= 0.6 is 0 Å². The van der Waals surface area contributed by atoms with Gasteiger partial charge in [0.1, 0.15) is 6.26 Å². The molecule has 1 aliphatic rings. The van der Waals surface area contributed by atoms with E-state index in [0.29, 0.717) is 26.1 Å². The molecule has 0 amide bonds. The Bertz CT molecular complexity index is 669. The lowest BCUT2D eigenvalue weighted by molar-refractivity contribution is 0.169. The van der Waals surface area contributed by atoms with Gasteiger partial charge in [-0.1, -0.05) is 12.1 Å². The third kappa shape index (κ3) is 7.11. The third-order valence-electron chi connectivity index (χ3n) is 4.53. The van der Waals surface area contributed by atoms with E-state index in [0.717, 1.165) is 50.9 Å². The molecule has 27 heavy (non-hydrogen) atoms. The van der Waals surface area contributed by atoms with Crippen LogP contribution in [0.4, 0.5) is 0 Å². The van der Waals surface area contributed by atoms with Gasteiger partial charge in [0.05, 0.1) is 11.9 Å². The highest BCUT2D eigenvalue weighted by Gasteiger charge is 2.20. The summed E-state index contributed by atoms with van der Waals surface area (Å²) in [5, 5.41) is 7.31. The first-order valence-electron chi connectivity index (χ1n) is 9.54. The molecule has 9 nitrogen and oxygen atoms in total. The number of sulfonamides is 1. The van der Waals surface area contributed by atoms with Gasteiger partial charge in [-0.15, -0.1) is 0 Å². The topological polar surface area (TPSA) is 94.3 Å². The lowest BCUT2D eigenvalue weighted by Gasteiger charge is -2.36. The summed E-state index contributed by atoms with van der Waals surface area (Å²) in [6, 6.07) is 1.90. The van der Waals surface area contributed by atoms with Crippen molar-refractivity contribution in [2.75, 3.05) is 58.6 Å². The van der Waals surface area contributed by atoms with Crippen LogP contribution in [-0.4, -0.2) is 92.3 Å². The van der Waals surface area contributed by atoms with Crippen molar-refractivity contribution in [3.63, 3.8) is 0 Å². The number of aromatic nitrogens is 1. The molecule has 0 bridgehead atoms. The molecule has 1 aromatic heterocycles. The summed E-state index contributed by atoms with van der Waals surface area (Å²) in [7, 11) is -3.13.